The maximum absolute atomic E-state index is 12.4. The van der Waals surface area contributed by atoms with Crippen LogP contribution in [0.15, 0.2) is 24.3 Å². The minimum Gasteiger partial charge on any atom is -0.351 e. The number of likely N-dealkylation sites (tertiary alicyclic amines) is 1. The lowest BCUT2D eigenvalue weighted by molar-refractivity contribution is -0.123. The predicted octanol–water partition coefficient (Wildman–Crippen LogP) is 2.31. The fourth-order valence-corrected chi connectivity index (χ4v) is 2.95. The summed E-state index contributed by atoms with van der Waals surface area (Å²) in [6, 6.07) is 7.23. The second kappa shape index (κ2) is 8.00. The van der Waals surface area contributed by atoms with Gasteiger partial charge in [-0.1, -0.05) is 32.9 Å². The summed E-state index contributed by atoms with van der Waals surface area (Å²) >= 11 is 0. The molecule has 1 aromatic carbocycles. The quantitative estimate of drug-likeness (QED) is 0.880. The van der Waals surface area contributed by atoms with E-state index in [4.69, 9.17) is 0 Å². The molecule has 138 valence electrons. The smallest absolute Gasteiger partial charge is 0.251 e. The van der Waals surface area contributed by atoms with Crippen LogP contribution in [0, 0.1) is 0 Å². The van der Waals surface area contributed by atoms with Gasteiger partial charge in [0.2, 0.25) is 5.91 Å². The summed E-state index contributed by atoms with van der Waals surface area (Å²) in [5.74, 6) is -0.333. The number of benzene rings is 1. The number of nitrogens with one attached hydrogen (secondary N) is 2. The minimum atomic E-state index is -0.547. The molecule has 1 atom stereocenters. The van der Waals surface area contributed by atoms with Gasteiger partial charge in [0.1, 0.15) is 6.04 Å². The van der Waals surface area contributed by atoms with E-state index in [-0.39, 0.29) is 23.3 Å². The van der Waals surface area contributed by atoms with E-state index in [2.05, 4.69) is 43.4 Å². The molecule has 2 rings (SSSR count). The van der Waals surface area contributed by atoms with Crippen LogP contribution in [-0.2, 0) is 10.2 Å². The van der Waals surface area contributed by atoms with Crippen LogP contribution in [-0.4, -0.2) is 48.9 Å². The molecule has 0 saturated carbocycles. The third-order valence-corrected chi connectivity index (χ3v) is 4.82. The molecule has 1 heterocycles. The Morgan fingerprint density at radius 3 is 2.20 bits per heavy atom. The van der Waals surface area contributed by atoms with Crippen molar-refractivity contribution in [2.75, 3.05) is 20.1 Å². The Kier molecular flexibility index (Phi) is 6.22. The summed E-state index contributed by atoms with van der Waals surface area (Å²) in [6.07, 6.45) is 1.91. The largest absolute Gasteiger partial charge is 0.351 e. The molecule has 0 bridgehead atoms. The lowest BCUT2D eigenvalue weighted by Crippen LogP contribution is -2.50. The summed E-state index contributed by atoms with van der Waals surface area (Å²) in [6.45, 7) is 10.1. The molecule has 25 heavy (non-hydrogen) atoms. The number of carbonyl (C=O) groups excluding carboxylic acids is 2. The third kappa shape index (κ3) is 5.56. The highest BCUT2D eigenvalue weighted by Crippen LogP contribution is 2.22. The molecule has 2 N–H and O–H groups in total. The molecule has 0 spiro atoms. The molecule has 1 aliphatic heterocycles. The van der Waals surface area contributed by atoms with Gasteiger partial charge in [-0.2, -0.15) is 0 Å². The number of carbonyl (C=O) groups is 2. The standard InChI is InChI=1S/C20H31N3O2/c1-14(18(24)22-17-10-12-23(5)13-11-17)21-19(25)15-6-8-16(9-7-15)20(2,3)4/h6-9,14,17H,10-13H2,1-5H3,(H,21,25)(H,22,24). The van der Waals surface area contributed by atoms with Gasteiger partial charge in [0.05, 0.1) is 0 Å². The molecule has 1 aromatic rings. The number of rotatable bonds is 4. The van der Waals surface area contributed by atoms with Crippen molar-refractivity contribution in [3.63, 3.8) is 0 Å². The molecule has 0 radical (unpaired) electrons. The van der Waals surface area contributed by atoms with Crippen LogP contribution >= 0.6 is 0 Å². The molecule has 0 aromatic heterocycles. The van der Waals surface area contributed by atoms with E-state index in [1.54, 1.807) is 6.92 Å². The molecule has 1 aliphatic rings. The van der Waals surface area contributed by atoms with Crippen molar-refractivity contribution in [1.29, 1.82) is 0 Å². The van der Waals surface area contributed by atoms with Gasteiger partial charge in [0.15, 0.2) is 0 Å². The zero-order chi connectivity index (χ0) is 18.6. The highest BCUT2D eigenvalue weighted by atomic mass is 16.2. The Balaban J connectivity index is 1.87. The van der Waals surface area contributed by atoms with Crippen molar-refractivity contribution >= 4 is 11.8 Å². The average molecular weight is 345 g/mol. The summed E-state index contributed by atoms with van der Waals surface area (Å²) in [5.41, 5.74) is 1.81. The van der Waals surface area contributed by atoms with Crippen LogP contribution in [0.1, 0.15) is 56.5 Å². The van der Waals surface area contributed by atoms with Crippen LogP contribution in [0.25, 0.3) is 0 Å². The Hall–Kier alpha value is -1.88. The number of amides is 2. The maximum Gasteiger partial charge on any atom is 0.251 e. The van der Waals surface area contributed by atoms with Crippen LogP contribution in [0.4, 0.5) is 0 Å². The predicted molar refractivity (Wildman–Crippen MR) is 101 cm³/mol. The fourth-order valence-electron chi connectivity index (χ4n) is 2.95. The van der Waals surface area contributed by atoms with E-state index in [9.17, 15) is 9.59 Å². The third-order valence-electron chi connectivity index (χ3n) is 4.82. The second-order valence-corrected chi connectivity index (χ2v) is 8.11. The van der Waals surface area contributed by atoms with Gasteiger partial charge in [-0.15, -0.1) is 0 Å². The van der Waals surface area contributed by atoms with E-state index >= 15 is 0 Å². The molecule has 2 amide bonds. The second-order valence-electron chi connectivity index (χ2n) is 8.11. The van der Waals surface area contributed by atoms with Crippen molar-refractivity contribution in [2.45, 2.75) is 58.0 Å². The molecule has 0 aliphatic carbocycles. The van der Waals surface area contributed by atoms with Crippen molar-refractivity contribution in [1.82, 2.24) is 15.5 Å². The van der Waals surface area contributed by atoms with E-state index in [0.29, 0.717) is 5.56 Å². The summed E-state index contributed by atoms with van der Waals surface area (Å²) in [5, 5.41) is 5.84. The topological polar surface area (TPSA) is 61.4 Å². The first-order valence-corrected chi connectivity index (χ1v) is 9.07. The van der Waals surface area contributed by atoms with Crippen LogP contribution in [0.5, 0.6) is 0 Å². The number of nitrogens with zero attached hydrogens (tertiary/aromatic N) is 1. The van der Waals surface area contributed by atoms with Crippen molar-refractivity contribution in [3.8, 4) is 0 Å². The lowest BCUT2D eigenvalue weighted by atomic mass is 9.86. The highest BCUT2D eigenvalue weighted by Gasteiger charge is 2.22. The molecule has 5 nitrogen and oxygen atoms in total. The number of piperidine rings is 1. The first-order chi connectivity index (χ1) is 11.7. The molecule has 1 unspecified atom stereocenters. The molecule has 5 heteroatoms. The van der Waals surface area contributed by atoms with E-state index in [1.165, 1.54) is 5.56 Å². The molecule has 1 saturated heterocycles. The molecule has 1 fully saturated rings. The van der Waals surface area contributed by atoms with Gasteiger partial charge in [-0.05, 0) is 63.0 Å². The SMILES string of the molecule is CC(NC(=O)c1ccc(C(C)(C)C)cc1)C(=O)NC1CCN(C)CC1. The lowest BCUT2D eigenvalue weighted by Gasteiger charge is -2.30. The van der Waals surface area contributed by atoms with Gasteiger partial charge in [-0.25, -0.2) is 0 Å². The van der Waals surface area contributed by atoms with Crippen molar-refractivity contribution < 1.29 is 9.59 Å². The van der Waals surface area contributed by atoms with E-state index in [1.807, 2.05) is 24.3 Å². The Morgan fingerprint density at radius 1 is 1.12 bits per heavy atom. The Morgan fingerprint density at radius 2 is 1.68 bits per heavy atom. The zero-order valence-electron chi connectivity index (χ0n) is 16.1. The van der Waals surface area contributed by atoms with Gasteiger partial charge in [0, 0.05) is 11.6 Å². The first-order valence-electron chi connectivity index (χ1n) is 9.07. The maximum atomic E-state index is 12.4. The normalized spacial score (nSPS) is 17.8. The highest BCUT2D eigenvalue weighted by molar-refractivity contribution is 5.97. The monoisotopic (exact) mass is 345 g/mol. The van der Waals surface area contributed by atoms with Gasteiger partial charge in [-0.3, -0.25) is 9.59 Å². The van der Waals surface area contributed by atoms with Gasteiger partial charge in [0.25, 0.3) is 5.91 Å². The number of hydrogen-bond acceptors (Lipinski definition) is 3. The van der Waals surface area contributed by atoms with Gasteiger partial charge >= 0.3 is 0 Å². The molecular formula is C20H31N3O2. The minimum absolute atomic E-state index is 0.0518. The van der Waals surface area contributed by atoms with Crippen LogP contribution in [0.3, 0.4) is 0 Å². The zero-order valence-corrected chi connectivity index (χ0v) is 16.1. The Bertz CT molecular complexity index is 596. The van der Waals surface area contributed by atoms with E-state index < -0.39 is 6.04 Å². The van der Waals surface area contributed by atoms with Crippen LogP contribution < -0.4 is 10.6 Å². The molecular weight excluding hydrogens is 314 g/mol. The van der Waals surface area contributed by atoms with Crippen molar-refractivity contribution in [3.05, 3.63) is 35.4 Å². The van der Waals surface area contributed by atoms with Gasteiger partial charge < -0.3 is 15.5 Å². The van der Waals surface area contributed by atoms with E-state index in [0.717, 1.165) is 25.9 Å². The Labute approximate surface area is 151 Å². The summed E-state index contributed by atoms with van der Waals surface area (Å²) in [4.78, 5) is 26.9. The number of hydrogen-bond donors (Lipinski definition) is 2. The summed E-state index contributed by atoms with van der Waals surface area (Å²) < 4.78 is 0. The average Bonchev–Trinajstić information content (AvgIpc) is 2.56. The van der Waals surface area contributed by atoms with Crippen LogP contribution in [0.2, 0.25) is 0 Å². The summed E-state index contributed by atoms with van der Waals surface area (Å²) in [7, 11) is 2.09. The first kappa shape index (κ1) is 19.4. The fraction of sp³-hybridized carbons (Fsp3) is 0.600. The van der Waals surface area contributed by atoms with Crippen molar-refractivity contribution in [2.24, 2.45) is 0 Å².